The van der Waals surface area contributed by atoms with Crippen molar-refractivity contribution in [3.8, 4) is 11.3 Å². The van der Waals surface area contributed by atoms with Crippen LogP contribution in [0, 0.1) is 9.62 Å². The summed E-state index contributed by atoms with van der Waals surface area (Å²) in [7, 11) is 0. The Bertz CT molecular complexity index is 739. The van der Waals surface area contributed by atoms with E-state index in [-0.39, 0.29) is 11.4 Å². The molecule has 0 unspecified atom stereocenters. The average molecular weight is 441 g/mol. The molecule has 1 aromatic carbocycles. The molecular formula is C18H18ClIN2O. The summed E-state index contributed by atoms with van der Waals surface area (Å²) in [6, 6.07) is 11.1. The van der Waals surface area contributed by atoms with E-state index in [2.05, 4.69) is 46.7 Å². The van der Waals surface area contributed by atoms with Gasteiger partial charge in [-0.05, 0) is 79.5 Å². The monoisotopic (exact) mass is 440 g/mol. The van der Waals surface area contributed by atoms with E-state index in [0.717, 1.165) is 15.0 Å². The van der Waals surface area contributed by atoms with Crippen molar-refractivity contribution in [1.29, 1.82) is 0 Å². The molecule has 0 saturated heterocycles. The van der Waals surface area contributed by atoms with Gasteiger partial charge in [0, 0.05) is 21.7 Å². The van der Waals surface area contributed by atoms with Crippen LogP contribution in [0.15, 0.2) is 36.4 Å². The first-order chi connectivity index (χ1) is 10.8. The van der Waals surface area contributed by atoms with Crippen LogP contribution in [0.2, 0.25) is 5.02 Å². The Hall–Kier alpha value is -1.14. The van der Waals surface area contributed by atoms with Crippen molar-refractivity contribution in [1.82, 2.24) is 10.3 Å². The van der Waals surface area contributed by atoms with E-state index in [9.17, 15) is 4.79 Å². The fourth-order valence-corrected chi connectivity index (χ4v) is 3.39. The number of hydrogen-bond donors (Lipinski definition) is 1. The topological polar surface area (TPSA) is 42.0 Å². The van der Waals surface area contributed by atoms with Gasteiger partial charge in [0.1, 0.15) is 3.70 Å². The van der Waals surface area contributed by atoms with Crippen LogP contribution in [0.5, 0.6) is 0 Å². The molecule has 1 saturated carbocycles. The zero-order chi connectivity index (χ0) is 16.6. The lowest BCUT2D eigenvalue weighted by Gasteiger charge is -2.26. The van der Waals surface area contributed by atoms with Gasteiger partial charge in [0.25, 0.3) is 5.91 Å². The van der Waals surface area contributed by atoms with Gasteiger partial charge in [0.2, 0.25) is 0 Å². The van der Waals surface area contributed by atoms with E-state index in [0.29, 0.717) is 16.5 Å². The van der Waals surface area contributed by atoms with Crippen LogP contribution >= 0.6 is 34.2 Å². The normalized spacial score (nSPS) is 14.6. The molecule has 23 heavy (non-hydrogen) atoms. The summed E-state index contributed by atoms with van der Waals surface area (Å²) >= 11 is 8.08. The minimum atomic E-state index is -0.160. The highest BCUT2D eigenvalue weighted by atomic mass is 127. The van der Waals surface area contributed by atoms with Crippen LogP contribution in [0.1, 0.15) is 37.0 Å². The highest BCUT2D eigenvalue weighted by Crippen LogP contribution is 2.39. The van der Waals surface area contributed by atoms with E-state index in [1.165, 1.54) is 12.8 Å². The Labute approximate surface area is 155 Å². The lowest BCUT2D eigenvalue weighted by atomic mass is 9.98. The molecule has 1 amide bonds. The summed E-state index contributed by atoms with van der Waals surface area (Å²) < 4.78 is 0.796. The Morgan fingerprint density at radius 1 is 1.26 bits per heavy atom. The number of halogens is 2. The molecule has 0 radical (unpaired) electrons. The SMILES string of the molecule is CC(C)(NC(=O)c1cc(I)nc(-c2ccc(Cl)cc2)c1)C1CC1. The van der Waals surface area contributed by atoms with Gasteiger partial charge in [-0.1, -0.05) is 23.7 Å². The summed E-state index contributed by atoms with van der Waals surface area (Å²) in [5.41, 5.74) is 2.21. The van der Waals surface area contributed by atoms with Crippen LogP contribution in [0.3, 0.4) is 0 Å². The minimum absolute atomic E-state index is 0.0440. The van der Waals surface area contributed by atoms with Gasteiger partial charge >= 0.3 is 0 Å². The first-order valence-corrected chi connectivity index (χ1v) is 9.07. The van der Waals surface area contributed by atoms with Crippen molar-refractivity contribution >= 4 is 40.1 Å². The number of nitrogens with one attached hydrogen (secondary N) is 1. The Morgan fingerprint density at radius 3 is 2.52 bits per heavy atom. The third kappa shape index (κ3) is 4.04. The van der Waals surface area contributed by atoms with Gasteiger partial charge < -0.3 is 5.32 Å². The first kappa shape index (κ1) is 16.7. The van der Waals surface area contributed by atoms with Gasteiger partial charge in [-0.3, -0.25) is 4.79 Å². The summed E-state index contributed by atoms with van der Waals surface area (Å²) in [6.07, 6.45) is 2.38. The fraction of sp³-hybridized carbons (Fsp3) is 0.333. The molecule has 1 fully saturated rings. The molecule has 0 atom stereocenters. The molecule has 1 aromatic heterocycles. The molecule has 3 nitrogen and oxygen atoms in total. The molecule has 1 aliphatic rings. The smallest absolute Gasteiger partial charge is 0.251 e. The van der Waals surface area contributed by atoms with E-state index in [1.807, 2.05) is 36.4 Å². The molecule has 1 N–H and O–H groups in total. The Morgan fingerprint density at radius 2 is 1.91 bits per heavy atom. The molecule has 120 valence electrons. The second-order valence-electron chi connectivity index (χ2n) is 6.52. The first-order valence-electron chi connectivity index (χ1n) is 7.61. The zero-order valence-corrected chi connectivity index (χ0v) is 16.0. The largest absolute Gasteiger partial charge is 0.347 e. The third-order valence-electron chi connectivity index (χ3n) is 4.23. The maximum Gasteiger partial charge on any atom is 0.251 e. The number of carbonyl (C=O) groups excluding carboxylic acids is 1. The van der Waals surface area contributed by atoms with Crippen molar-refractivity contribution in [2.24, 2.45) is 5.92 Å². The minimum Gasteiger partial charge on any atom is -0.347 e. The summed E-state index contributed by atoms with van der Waals surface area (Å²) in [6.45, 7) is 4.18. The summed E-state index contributed by atoms with van der Waals surface area (Å²) in [5, 5.41) is 3.84. The Balaban J connectivity index is 1.88. The van der Waals surface area contributed by atoms with Gasteiger partial charge in [-0.2, -0.15) is 0 Å². The summed E-state index contributed by atoms with van der Waals surface area (Å²) in [5.74, 6) is 0.542. The predicted molar refractivity (Wildman–Crippen MR) is 102 cm³/mol. The number of hydrogen-bond acceptors (Lipinski definition) is 2. The van der Waals surface area contributed by atoms with Crippen LogP contribution in [0.4, 0.5) is 0 Å². The zero-order valence-electron chi connectivity index (χ0n) is 13.1. The lowest BCUT2D eigenvalue weighted by molar-refractivity contribution is 0.0903. The van der Waals surface area contributed by atoms with Crippen LogP contribution < -0.4 is 5.32 Å². The van der Waals surface area contributed by atoms with Crippen molar-refractivity contribution < 1.29 is 4.79 Å². The number of aromatic nitrogens is 1. The standard InChI is InChI=1S/C18H18ClIN2O/c1-18(2,13-5-6-13)22-17(23)12-9-15(21-16(20)10-12)11-3-7-14(19)8-4-11/h3-4,7-10,13H,5-6H2,1-2H3,(H,22,23). The van der Waals surface area contributed by atoms with Crippen LogP contribution in [-0.4, -0.2) is 16.4 Å². The van der Waals surface area contributed by atoms with Crippen molar-refractivity contribution in [2.45, 2.75) is 32.2 Å². The average Bonchev–Trinajstić information content (AvgIpc) is 3.32. The quantitative estimate of drug-likeness (QED) is 0.541. The number of nitrogens with zero attached hydrogens (tertiary/aromatic N) is 1. The number of benzene rings is 1. The Kier molecular flexibility index (Phi) is 4.65. The van der Waals surface area contributed by atoms with Gasteiger partial charge in [-0.25, -0.2) is 4.98 Å². The molecular weight excluding hydrogens is 423 g/mol. The lowest BCUT2D eigenvalue weighted by Crippen LogP contribution is -2.45. The number of amides is 1. The van der Waals surface area contributed by atoms with E-state index < -0.39 is 0 Å². The van der Waals surface area contributed by atoms with Gasteiger partial charge in [0.05, 0.1) is 5.69 Å². The molecule has 0 bridgehead atoms. The molecule has 0 spiro atoms. The molecule has 2 aromatic rings. The van der Waals surface area contributed by atoms with E-state index in [1.54, 1.807) is 0 Å². The van der Waals surface area contributed by atoms with Crippen molar-refractivity contribution in [2.75, 3.05) is 0 Å². The molecule has 1 heterocycles. The number of pyridine rings is 1. The van der Waals surface area contributed by atoms with Crippen molar-refractivity contribution in [3.05, 3.63) is 50.7 Å². The third-order valence-corrected chi connectivity index (χ3v) is 5.03. The molecule has 0 aliphatic heterocycles. The maximum absolute atomic E-state index is 12.6. The highest BCUT2D eigenvalue weighted by molar-refractivity contribution is 14.1. The highest BCUT2D eigenvalue weighted by Gasteiger charge is 2.38. The van der Waals surface area contributed by atoms with E-state index in [4.69, 9.17) is 11.6 Å². The predicted octanol–water partition coefficient (Wildman–Crippen LogP) is 4.93. The van der Waals surface area contributed by atoms with Gasteiger partial charge in [0.15, 0.2) is 0 Å². The van der Waals surface area contributed by atoms with Crippen LogP contribution in [-0.2, 0) is 0 Å². The van der Waals surface area contributed by atoms with E-state index >= 15 is 0 Å². The number of carbonyl (C=O) groups is 1. The fourth-order valence-electron chi connectivity index (χ4n) is 2.67. The second-order valence-corrected chi connectivity index (χ2v) is 8.06. The van der Waals surface area contributed by atoms with Crippen LogP contribution in [0.25, 0.3) is 11.3 Å². The second kappa shape index (κ2) is 6.40. The van der Waals surface area contributed by atoms with Crippen molar-refractivity contribution in [3.63, 3.8) is 0 Å². The number of rotatable bonds is 4. The van der Waals surface area contributed by atoms with Gasteiger partial charge in [-0.15, -0.1) is 0 Å². The molecule has 1 aliphatic carbocycles. The molecule has 5 heteroatoms. The maximum atomic E-state index is 12.6. The molecule has 3 rings (SSSR count). The summed E-state index contributed by atoms with van der Waals surface area (Å²) in [4.78, 5) is 17.1.